The highest BCUT2D eigenvalue weighted by Crippen LogP contribution is 2.24. The van der Waals surface area contributed by atoms with E-state index in [0.29, 0.717) is 11.8 Å². The van der Waals surface area contributed by atoms with Crippen molar-refractivity contribution in [3.05, 3.63) is 34.1 Å². The highest BCUT2D eigenvalue weighted by atomic mass is 79.9. The predicted molar refractivity (Wildman–Crippen MR) is 64.8 cm³/mol. The summed E-state index contributed by atoms with van der Waals surface area (Å²) in [5, 5.41) is 7.87. The van der Waals surface area contributed by atoms with Crippen LogP contribution in [0.25, 0.3) is 11.5 Å². The first-order valence-electron chi connectivity index (χ1n) is 4.93. The molecule has 0 aliphatic carbocycles. The smallest absolute Gasteiger partial charge is 0.247 e. The number of nitrogens with two attached hydrogens (primary N) is 1. The van der Waals surface area contributed by atoms with E-state index in [0.717, 1.165) is 15.6 Å². The van der Waals surface area contributed by atoms with Gasteiger partial charge in [-0.1, -0.05) is 15.9 Å². The molecule has 2 aromatic rings. The molecule has 4 nitrogen and oxygen atoms in total. The first kappa shape index (κ1) is 11.3. The van der Waals surface area contributed by atoms with Crippen molar-refractivity contribution >= 4 is 15.9 Å². The van der Waals surface area contributed by atoms with Gasteiger partial charge < -0.3 is 10.2 Å². The predicted octanol–water partition coefficient (Wildman–Crippen LogP) is 2.83. The van der Waals surface area contributed by atoms with Crippen molar-refractivity contribution in [1.82, 2.24) is 10.2 Å². The molecular weight excluding hydrogens is 270 g/mol. The van der Waals surface area contributed by atoms with Crippen molar-refractivity contribution in [2.45, 2.75) is 19.9 Å². The monoisotopic (exact) mass is 281 g/mol. The molecule has 1 aromatic carbocycles. The van der Waals surface area contributed by atoms with Gasteiger partial charge in [0.1, 0.15) is 0 Å². The zero-order chi connectivity index (χ0) is 11.7. The average Bonchev–Trinajstić information content (AvgIpc) is 2.64. The van der Waals surface area contributed by atoms with Gasteiger partial charge in [0.2, 0.25) is 11.8 Å². The van der Waals surface area contributed by atoms with Gasteiger partial charge >= 0.3 is 0 Å². The molecule has 2 N–H and O–H groups in total. The molecule has 0 bridgehead atoms. The SMILES string of the molecule is Cc1cc(Br)cc(-c2nnc(C(C)N)o2)c1. The van der Waals surface area contributed by atoms with Crippen LogP contribution in [-0.4, -0.2) is 10.2 Å². The molecule has 84 valence electrons. The van der Waals surface area contributed by atoms with E-state index >= 15 is 0 Å². The molecule has 16 heavy (non-hydrogen) atoms. The van der Waals surface area contributed by atoms with Crippen molar-refractivity contribution in [2.75, 3.05) is 0 Å². The molecule has 0 radical (unpaired) electrons. The Morgan fingerprint density at radius 1 is 1.31 bits per heavy atom. The quantitative estimate of drug-likeness (QED) is 0.919. The summed E-state index contributed by atoms with van der Waals surface area (Å²) in [4.78, 5) is 0. The molecule has 0 aliphatic heterocycles. The molecule has 0 saturated carbocycles. The number of hydrogen-bond donors (Lipinski definition) is 1. The van der Waals surface area contributed by atoms with Crippen molar-refractivity contribution in [3.63, 3.8) is 0 Å². The summed E-state index contributed by atoms with van der Waals surface area (Å²) in [6.45, 7) is 3.82. The van der Waals surface area contributed by atoms with Gasteiger partial charge in [-0.05, 0) is 37.6 Å². The van der Waals surface area contributed by atoms with Crippen LogP contribution in [0.15, 0.2) is 27.1 Å². The van der Waals surface area contributed by atoms with Gasteiger partial charge in [0.25, 0.3) is 0 Å². The molecule has 0 aliphatic rings. The van der Waals surface area contributed by atoms with Crippen LogP contribution in [-0.2, 0) is 0 Å². The third-order valence-corrected chi connectivity index (χ3v) is 2.58. The zero-order valence-corrected chi connectivity index (χ0v) is 10.7. The van der Waals surface area contributed by atoms with Gasteiger partial charge in [0, 0.05) is 10.0 Å². The largest absolute Gasteiger partial charge is 0.419 e. The lowest BCUT2D eigenvalue weighted by Crippen LogP contribution is -2.04. The van der Waals surface area contributed by atoms with E-state index in [-0.39, 0.29) is 6.04 Å². The van der Waals surface area contributed by atoms with Gasteiger partial charge in [0.05, 0.1) is 6.04 Å². The lowest BCUT2D eigenvalue weighted by molar-refractivity contribution is 0.473. The Morgan fingerprint density at radius 2 is 2.06 bits per heavy atom. The lowest BCUT2D eigenvalue weighted by Gasteiger charge is -1.99. The Balaban J connectivity index is 2.42. The second kappa shape index (κ2) is 4.35. The Bertz CT molecular complexity index is 487. The number of nitrogens with zero attached hydrogens (tertiary/aromatic N) is 2. The van der Waals surface area contributed by atoms with Gasteiger partial charge in [-0.15, -0.1) is 10.2 Å². The minimum atomic E-state index is -0.241. The fraction of sp³-hybridized carbons (Fsp3) is 0.273. The number of aromatic nitrogens is 2. The molecule has 1 heterocycles. The molecule has 2 rings (SSSR count). The second-order valence-corrected chi connectivity index (χ2v) is 4.67. The highest BCUT2D eigenvalue weighted by molar-refractivity contribution is 9.10. The maximum absolute atomic E-state index is 5.66. The molecule has 1 atom stereocenters. The van der Waals surface area contributed by atoms with Crippen molar-refractivity contribution in [1.29, 1.82) is 0 Å². The molecule has 1 unspecified atom stereocenters. The fourth-order valence-electron chi connectivity index (χ4n) is 1.40. The zero-order valence-electron chi connectivity index (χ0n) is 9.07. The first-order valence-corrected chi connectivity index (χ1v) is 5.72. The van der Waals surface area contributed by atoms with Crippen LogP contribution in [0.3, 0.4) is 0 Å². The van der Waals surface area contributed by atoms with E-state index < -0.39 is 0 Å². The van der Waals surface area contributed by atoms with Crippen LogP contribution in [0.2, 0.25) is 0 Å². The van der Waals surface area contributed by atoms with Crippen LogP contribution < -0.4 is 5.73 Å². The normalized spacial score (nSPS) is 12.8. The Labute approximate surface area is 102 Å². The number of hydrogen-bond acceptors (Lipinski definition) is 4. The van der Waals surface area contributed by atoms with Gasteiger partial charge in [-0.3, -0.25) is 0 Å². The molecular formula is C11H12BrN3O. The number of aryl methyl sites for hydroxylation is 1. The van der Waals surface area contributed by atoms with E-state index in [4.69, 9.17) is 10.2 Å². The van der Waals surface area contributed by atoms with Crippen LogP contribution in [0, 0.1) is 6.92 Å². The van der Waals surface area contributed by atoms with Gasteiger partial charge in [0.15, 0.2) is 0 Å². The average molecular weight is 282 g/mol. The first-order chi connectivity index (χ1) is 7.56. The minimum Gasteiger partial charge on any atom is -0.419 e. The molecule has 0 fully saturated rings. The molecule has 0 amide bonds. The van der Waals surface area contributed by atoms with E-state index in [2.05, 4.69) is 26.1 Å². The summed E-state index contributed by atoms with van der Waals surface area (Å²) in [6.07, 6.45) is 0. The van der Waals surface area contributed by atoms with E-state index in [1.807, 2.05) is 32.0 Å². The van der Waals surface area contributed by atoms with E-state index in [1.54, 1.807) is 0 Å². The van der Waals surface area contributed by atoms with Crippen LogP contribution in [0.4, 0.5) is 0 Å². The minimum absolute atomic E-state index is 0.241. The third-order valence-electron chi connectivity index (χ3n) is 2.12. The van der Waals surface area contributed by atoms with Crippen LogP contribution >= 0.6 is 15.9 Å². The molecule has 5 heteroatoms. The fourth-order valence-corrected chi connectivity index (χ4v) is 2.00. The van der Waals surface area contributed by atoms with Gasteiger partial charge in [-0.2, -0.15) is 0 Å². The Hall–Kier alpha value is -1.20. The summed E-state index contributed by atoms with van der Waals surface area (Å²) in [7, 11) is 0. The Kier molecular flexibility index (Phi) is 3.07. The van der Waals surface area contributed by atoms with E-state index in [9.17, 15) is 0 Å². The maximum Gasteiger partial charge on any atom is 0.247 e. The molecule has 0 saturated heterocycles. The van der Waals surface area contributed by atoms with Crippen LogP contribution in [0.1, 0.15) is 24.4 Å². The lowest BCUT2D eigenvalue weighted by atomic mass is 10.1. The Morgan fingerprint density at radius 3 is 2.62 bits per heavy atom. The van der Waals surface area contributed by atoms with Crippen molar-refractivity contribution < 1.29 is 4.42 Å². The van der Waals surface area contributed by atoms with Crippen molar-refractivity contribution in [2.24, 2.45) is 5.73 Å². The number of rotatable bonds is 2. The molecule has 0 spiro atoms. The standard InChI is InChI=1S/C11H12BrN3O/c1-6-3-8(5-9(12)4-6)11-15-14-10(16-11)7(2)13/h3-5,7H,13H2,1-2H3. The second-order valence-electron chi connectivity index (χ2n) is 3.75. The topological polar surface area (TPSA) is 64.9 Å². The van der Waals surface area contributed by atoms with Crippen molar-refractivity contribution in [3.8, 4) is 11.5 Å². The summed E-state index contributed by atoms with van der Waals surface area (Å²) in [6, 6.07) is 5.70. The summed E-state index contributed by atoms with van der Waals surface area (Å²) >= 11 is 3.43. The number of halogens is 1. The van der Waals surface area contributed by atoms with Gasteiger partial charge in [-0.25, -0.2) is 0 Å². The summed E-state index contributed by atoms with van der Waals surface area (Å²) in [5.41, 5.74) is 7.68. The summed E-state index contributed by atoms with van der Waals surface area (Å²) < 4.78 is 6.46. The maximum atomic E-state index is 5.66. The summed E-state index contributed by atoms with van der Waals surface area (Å²) in [5.74, 6) is 0.948. The van der Waals surface area contributed by atoms with E-state index in [1.165, 1.54) is 0 Å². The highest BCUT2D eigenvalue weighted by Gasteiger charge is 2.12. The third kappa shape index (κ3) is 2.31. The van der Waals surface area contributed by atoms with Crippen LogP contribution in [0.5, 0.6) is 0 Å². The molecule has 1 aromatic heterocycles. The number of benzene rings is 1.